The number of rotatable bonds is 41. The van der Waals surface area contributed by atoms with Crippen LogP contribution >= 0.6 is 0 Å². The SMILES string of the molecule is CCCCCCCC/C=C\CCCCCCCC(=O)OCCN(CCOC(=O)CCCCCCC/C=C\CCCCCCCC)C(=O)[C@@H]([NH3+])CCCC[NH3+]. The number of allylic oxidation sites excluding steroid dienone is 4. The van der Waals surface area contributed by atoms with Gasteiger partial charge in [0.25, 0.3) is 5.91 Å². The van der Waals surface area contributed by atoms with Crippen molar-refractivity contribution >= 4 is 17.8 Å². The molecule has 1 atom stereocenters. The minimum Gasteiger partial charge on any atom is -0.464 e. The largest absolute Gasteiger partial charge is 0.464 e. The zero-order valence-corrected chi connectivity index (χ0v) is 35.7. The highest BCUT2D eigenvalue weighted by atomic mass is 16.5. The van der Waals surface area contributed by atoms with Crippen molar-refractivity contribution in [2.75, 3.05) is 32.8 Å². The van der Waals surface area contributed by atoms with Gasteiger partial charge < -0.3 is 25.8 Å². The van der Waals surface area contributed by atoms with Crippen LogP contribution in [0.1, 0.15) is 213 Å². The molecule has 0 aromatic rings. The van der Waals surface area contributed by atoms with Gasteiger partial charge in [0.2, 0.25) is 0 Å². The molecule has 0 bridgehead atoms. The van der Waals surface area contributed by atoms with Crippen molar-refractivity contribution in [3.8, 4) is 0 Å². The summed E-state index contributed by atoms with van der Waals surface area (Å²) in [5, 5.41) is 0. The van der Waals surface area contributed by atoms with Crippen LogP contribution in [0.25, 0.3) is 0 Å². The fraction of sp³-hybridized carbons (Fsp3) is 0.848. The van der Waals surface area contributed by atoms with Crippen LogP contribution < -0.4 is 11.5 Å². The molecule has 0 radical (unpaired) electrons. The third-order valence-electron chi connectivity index (χ3n) is 10.2. The van der Waals surface area contributed by atoms with Crippen molar-refractivity contribution in [1.82, 2.24) is 4.90 Å². The highest BCUT2D eigenvalue weighted by Crippen LogP contribution is 2.12. The van der Waals surface area contributed by atoms with Crippen LogP contribution in [0.5, 0.6) is 0 Å². The molecular formula is C46H89N3O5+2. The minimum atomic E-state index is -0.380. The molecule has 8 nitrogen and oxygen atoms in total. The van der Waals surface area contributed by atoms with Crippen molar-refractivity contribution in [2.45, 2.75) is 219 Å². The van der Waals surface area contributed by atoms with E-state index >= 15 is 0 Å². The summed E-state index contributed by atoms with van der Waals surface area (Å²) in [6.07, 6.45) is 44.4. The molecule has 0 aromatic carbocycles. The summed E-state index contributed by atoms with van der Waals surface area (Å²) in [6, 6.07) is -0.380. The summed E-state index contributed by atoms with van der Waals surface area (Å²) in [7, 11) is 0. The predicted octanol–water partition coefficient (Wildman–Crippen LogP) is 10.00. The summed E-state index contributed by atoms with van der Waals surface area (Å²) >= 11 is 0. The van der Waals surface area contributed by atoms with Gasteiger partial charge in [-0.25, -0.2) is 0 Å². The van der Waals surface area contributed by atoms with E-state index in [-0.39, 0.29) is 50.2 Å². The Kier molecular flexibility index (Phi) is 40.3. The lowest BCUT2D eigenvalue weighted by molar-refractivity contribution is -0.408. The van der Waals surface area contributed by atoms with Crippen LogP contribution in [0.4, 0.5) is 0 Å². The lowest BCUT2D eigenvalue weighted by atomic mass is 10.1. The van der Waals surface area contributed by atoms with Gasteiger partial charge in [-0.2, -0.15) is 0 Å². The van der Waals surface area contributed by atoms with Gasteiger partial charge in [-0.3, -0.25) is 14.4 Å². The number of quaternary nitrogens is 2. The Hall–Kier alpha value is -2.19. The Morgan fingerprint density at radius 2 is 0.852 bits per heavy atom. The zero-order chi connectivity index (χ0) is 39.6. The van der Waals surface area contributed by atoms with Crippen LogP contribution in [-0.4, -0.2) is 61.6 Å². The van der Waals surface area contributed by atoms with E-state index in [1.807, 2.05) is 0 Å². The first kappa shape index (κ1) is 51.8. The Balaban J connectivity index is 4.16. The number of nitrogens with zero attached hydrogens (tertiary/aromatic N) is 1. The van der Waals surface area contributed by atoms with Crippen molar-refractivity contribution in [3.05, 3.63) is 24.3 Å². The monoisotopic (exact) mass is 764 g/mol. The van der Waals surface area contributed by atoms with Crippen LogP contribution in [0.2, 0.25) is 0 Å². The molecule has 0 aliphatic heterocycles. The van der Waals surface area contributed by atoms with Crippen LogP contribution in [0.3, 0.4) is 0 Å². The van der Waals surface area contributed by atoms with Gasteiger partial charge in [-0.15, -0.1) is 0 Å². The molecule has 0 unspecified atom stereocenters. The fourth-order valence-corrected chi connectivity index (χ4v) is 6.65. The Bertz CT molecular complexity index is 851. The molecule has 0 saturated carbocycles. The molecule has 0 heterocycles. The van der Waals surface area contributed by atoms with Crippen molar-refractivity contribution in [1.29, 1.82) is 0 Å². The first-order chi connectivity index (χ1) is 26.5. The normalized spacial score (nSPS) is 12.1. The predicted molar refractivity (Wildman–Crippen MR) is 226 cm³/mol. The zero-order valence-electron chi connectivity index (χ0n) is 35.7. The number of hydrogen-bond donors (Lipinski definition) is 2. The molecule has 0 aliphatic carbocycles. The first-order valence-corrected chi connectivity index (χ1v) is 23.0. The molecule has 0 spiro atoms. The number of carbonyl (C=O) groups excluding carboxylic acids is 3. The van der Waals surface area contributed by atoms with Crippen molar-refractivity contribution in [2.24, 2.45) is 0 Å². The van der Waals surface area contributed by atoms with E-state index in [4.69, 9.17) is 9.47 Å². The van der Waals surface area contributed by atoms with Gasteiger partial charge in [0.1, 0.15) is 13.2 Å². The standard InChI is InChI=1S/C46H87N3O5/c1-3-5-7-9-11-13-15-17-19-21-23-25-27-29-31-36-44(50)53-41-39-49(46(52)43(48)35-33-34-38-47)40-42-54-45(51)37-32-30-28-26-24-22-20-18-16-14-12-10-8-6-4-2/h17-20,43H,3-16,21-42,47-48H2,1-2H3/p+2/b19-17-,20-18-/t43-/m0/s1. The molecule has 54 heavy (non-hydrogen) atoms. The molecule has 0 rings (SSSR count). The minimum absolute atomic E-state index is 0.0827. The second-order valence-electron chi connectivity index (χ2n) is 15.5. The number of amides is 1. The van der Waals surface area contributed by atoms with E-state index < -0.39 is 0 Å². The molecule has 0 saturated heterocycles. The highest BCUT2D eigenvalue weighted by molar-refractivity contribution is 5.80. The second-order valence-corrected chi connectivity index (χ2v) is 15.5. The molecule has 0 aliphatic rings. The average Bonchev–Trinajstić information content (AvgIpc) is 3.17. The maximum atomic E-state index is 13.2. The van der Waals surface area contributed by atoms with E-state index in [0.29, 0.717) is 19.3 Å². The molecular weight excluding hydrogens is 675 g/mol. The third-order valence-corrected chi connectivity index (χ3v) is 10.2. The van der Waals surface area contributed by atoms with Gasteiger partial charge in [-0.05, 0) is 77.0 Å². The number of hydrogen-bond acceptors (Lipinski definition) is 5. The Morgan fingerprint density at radius 3 is 1.22 bits per heavy atom. The maximum Gasteiger partial charge on any atom is 0.305 e. The van der Waals surface area contributed by atoms with Crippen molar-refractivity contribution < 1.29 is 35.3 Å². The number of carbonyl (C=O) groups is 3. The summed E-state index contributed by atoms with van der Waals surface area (Å²) in [4.78, 5) is 39.6. The molecule has 1 amide bonds. The molecule has 316 valence electrons. The quantitative estimate of drug-likeness (QED) is 0.0364. The van der Waals surface area contributed by atoms with E-state index in [2.05, 4.69) is 49.6 Å². The van der Waals surface area contributed by atoms with Crippen molar-refractivity contribution in [3.63, 3.8) is 0 Å². The van der Waals surface area contributed by atoms with Crippen LogP contribution in [-0.2, 0) is 23.9 Å². The lowest BCUT2D eigenvalue weighted by Gasteiger charge is -2.24. The summed E-state index contributed by atoms with van der Waals surface area (Å²) in [5.74, 6) is -0.512. The van der Waals surface area contributed by atoms with E-state index in [1.54, 1.807) is 4.90 Å². The Labute approximate surface area is 333 Å². The number of unbranched alkanes of at least 4 members (excludes halogenated alkanes) is 23. The van der Waals surface area contributed by atoms with Gasteiger partial charge in [0.15, 0.2) is 6.04 Å². The van der Waals surface area contributed by atoms with Crippen LogP contribution in [0, 0.1) is 0 Å². The highest BCUT2D eigenvalue weighted by Gasteiger charge is 2.24. The maximum absolute atomic E-state index is 13.2. The smallest absolute Gasteiger partial charge is 0.305 e. The summed E-state index contributed by atoms with van der Waals surface area (Å²) in [6.45, 7) is 6.21. The molecule has 8 heteroatoms. The van der Waals surface area contributed by atoms with Crippen LogP contribution in [0.15, 0.2) is 24.3 Å². The van der Waals surface area contributed by atoms with Gasteiger partial charge in [0.05, 0.1) is 19.6 Å². The average molecular weight is 764 g/mol. The lowest BCUT2D eigenvalue weighted by Crippen LogP contribution is -2.68. The molecule has 0 aromatic heterocycles. The number of ether oxygens (including phenoxy) is 2. The third kappa shape index (κ3) is 36.8. The topological polar surface area (TPSA) is 128 Å². The molecule has 0 fully saturated rings. The summed E-state index contributed by atoms with van der Waals surface area (Å²) in [5.41, 5.74) is 7.98. The molecule has 6 N–H and O–H groups in total. The van der Waals surface area contributed by atoms with Gasteiger partial charge in [0, 0.05) is 19.3 Å². The van der Waals surface area contributed by atoms with E-state index in [9.17, 15) is 14.4 Å². The Morgan fingerprint density at radius 1 is 0.500 bits per heavy atom. The van der Waals surface area contributed by atoms with E-state index in [0.717, 1.165) is 70.8 Å². The fourth-order valence-electron chi connectivity index (χ4n) is 6.65. The second kappa shape index (κ2) is 42.0. The van der Waals surface area contributed by atoms with Gasteiger partial charge >= 0.3 is 11.9 Å². The van der Waals surface area contributed by atoms with E-state index in [1.165, 1.54) is 116 Å². The number of esters is 2. The van der Waals surface area contributed by atoms with Gasteiger partial charge in [-0.1, -0.05) is 141 Å². The summed E-state index contributed by atoms with van der Waals surface area (Å²) < 4.78 is 11.0. The first-order valence-electron chi connectivity index (χ1n) is 23.0.